The van der Waals surface area contributed by atoms with Gasteiger partial charge in [-0.15, -0.1) is 0 Å². The highest BCUT2D eigenvalue weighted by Crippen LogP contribution is 2.38. The van der Waals surface area contributed by atoms with Crippen LogP contribution in [0.3, 0.4) is 0 Å². The van der Waals surface area contributed by atoms with Gasteiger partial charge in [-0.3, -0.25) is 0 Å². The van der Waals surface area contributed by atoms with Crippen LogP contribution >= 0.6 is 11.6 Å². The molecule has 4 nitrogen and oxygen atoms in total. The molecule has 1 unspecified atom stereocenters. The summed E-state index contributed by atoms with van der Waals surface area (Å²) in [6.07, 6.45) is 1.11. The third-order valence-electron chi connectivity index (χ3n) is 3.39. The lowest BCUT2D eigenvalue weighted by Crippen LogP contribution is -2.35. The molecule has 2 rings (SSSR count). The summed E-state index contributed by atoms with van der Waals surface area (Å²) in [5.41, 5.74) is 1.04. The van der Waals surface area contributed by atoms with Gasteiger partial charge in [-0.1, -0.05) is 11.6 Å². The second kappa shape index (κ2) is 6.35. The lowest BCUT2D eigenvalue weighted by Gasteiger charge is -2.27. The minimum Gasteiger partial charge on any atom is -0.495 e. The quantitative estimate of drug-likeness (QED) is 0.925. The Morgan fingerprint density at radius 2 is 2.00 bits per heavy atom. The molecule has 0 bridgehead atoms. The highest BCUT2D eigenvalue weighted by molar-refractivity contribution is 6.32. The summed E-state index contributed by atoms with van der Waals surface area (Å²) < 4.78 is 10.8. The molecule has 19 heavy (non-hydrogen) atoms. The molecular formula is C14H21ClN2O2. The van der Waals surface area contributed by atoms with Crippen LogP contribution in [0.25, 0.3) is 0 Å². The van der Waals surface area contributed by atoms with E-state index in [0.29, 0.717) is 16.8 Å². The van der Waals surface area contributed by atoms with Crippen LogP contribution in [0.15, 0.2) is 12.1 Å². The topological polar surface area (TPSA) is 33.7 Å². The van der Waals surface area contributed by atoms with E-state index in [0.717, 1.165) is 37.5 Å². The Bertz CT molecular complexity index is 440. The first-order chi connectivity index (χ1) is 9.15. The Labute approximate surface area is 119 Å². The van der Waals surface area contributed by atoms with E-state index >= 15 is 0 Å². The second-order valence-electron chi connectivity index (χ2n) is 4.81. The molecule has 0 aliphatic carbocycles. The SMILES string of the molecule is COc1cc(N2CCCNC(C)C2)c(OC)cc1Cl. The van der Waals surface area contributed by atoms with E-state index in [1.54, 1.807) is 14.2 Å². The highest BCUT2D eigenvalue weighted by Gasteiger charge is 2.19. The number of methoxy groups -OCH3 is 2. The Hall–Kier alpha value is -1.13. The fraction of sp³-hybridized carbons (Fsp3) is 0.571. The molecule has 0 aromatic heterocycles. The third kappa shape index (κ3) is 3.25. The average molecular weight is 285 g/mol. The van der Waals surface area contributed by atoms with Crippen molar-refractivity contribution in [3.05, 3.63) is 17.2 Å². The Balaban J connectivity index is 2.35. The number of nitrogens with one attached hydrogen (secondary N) is 1. The smallest absolute Gasteiger partial charge is 0.143 e. The Kier molecular flexibility index (Phi) is 4.77. The summed E-state index contributed by atoms with van der Waals surface area (Å²) in [5.74, 6) is 1.47. The van der Waals surface area contributed by atoms with Crippen molar-refractivity contribution < 1.29 is 9.47 Å². The molecule has 1 atom stereocenters. The molecule has 0 saturated carbocycles. The molecule has 5 heteroatoms. The van der Waals surface area contributed by atoms with E-state index in [9.17, 15) is 0 Å². The van der Waals surface area contributed by atoms with Crippen molar-refractivity contribution in [1.29, 1.82) is 0 Å². The maximum atomic E-state index is 6.14. The van der Waals surface area contributed by atoms with Crippen molar-refractivity contribution >= 4 is 17.3 Å². The van der Waals surface area contributed by atoms with Crippen LogP contribution in [-0.2, 0) is 0 Å². The summed E-state index contributed by atoms with van der Waals surface area (Å²) in [7, 11) is 3.30. The Morgan fingerprint density at radius 1 is 1.26 bits per heavy atom. The van der Waals surface area contributed by atoms with Crippen LogP contribution in [0.1, 0.15) is 13.3 Å². The molecule has 1 aliphatic heterocycles. The molecule has 1 N–H and O–H groups in total. The molecule has 0 amide bonds. The summed E-state index contributed by atoms with van der Waals surface area (Å²) in [6, 6.07) is 4.23. The maximum absolute atomic E-state index is 6.14. The molecule has 1 fully saturated rings. The first kappa shape index (κ1) is 14.3. The van der Waals surface area contributed by atoms with Gasteiger partial charge in [0.05, 0.1) is 24.9 Å². The van der Waals surface area contributed by atoms with Gasteiger partial charge in [0.15, 0.2) is 0 Å². The molecule has 1 aromatic rings. The summed E-state index contributed by atoms with van der Waals surface area (Å²) >= 11 is 6.14. The van der Waals surface area contributed by atoms with Gasteiger partial charge < -0.3 is 19.7 Å². The van der Waals surface area contributed by atoms with Gasteiger partial charge in [0.25, 0.3) is 0 Å². The number of hydrogen-bond donors (Lipinski definition) is 1. The number of hydrogen-bond acceptors (Lipinski definition) is 4. The lowest BCUT2D eigenvalue weighted by atomic mass is 10.2. The molecular weight excluding hydrogens is 264 g/mol. The van der Waals surface area contributed by atoms with Crippen molar-refractivity contribution in [2.75, 3.05) is 38.8 Å². The standard InChI is InChI=1S/C14H21ClN2O2/c1-10-9-17(6-4-5-16-10)12-8-13(18-2)11(15)7-14(12)19-3/h7-8,10,16H,4-6,9H2,1-3H3. The largest absolute Gasteiger partial charge is 0.495 e. The van der Waals surface area contributed by atoms with Crippen molar-refractivity contribution in [3.63, 3.8) is 0 Å². The zero-order valence-corrected chi connectivity index (χ0v) is 12.5. The molecule has 1 aromatic carbocycles. The summed E-state index contributed by atoms with van der Waals surface area (Å²) in [5, 5.41) is 4.06. The number of rotatable bonds is 3. The number of nitrogens with zero attached hydrogens (tertiary/aromatic N) is 1. The zero-order valence-electron chi connectivity index (χ0n) is 11.7. The van der Waals surface area contributed by atoms with Crippen molar-refractivity contribution in [2.24, 2.45) is 0 Å². The fourth-order valence-corrected chi connectivity index (χ4v) is 2.65. The minimum absolute atomic E-state index is 0.453. The molecule has 1 heterocycles. The van der Waals surface area contributed by atoms with Gasteiger partial charge in [0.1, 0.15) is 11.5 Å². The highest BCUT2D eigenvalue weighted by atomic mass is 35.5. The molecule has 106 valence electrons. The van der Waals surface area contributed by atoms with Gasteiger partial charge in [-0.05, 0) is 19.9 Å². The second-order valence-corrected chi connectivity index (χ2v) is 5.22. The van der Waals surface area contributed by atoms with Crippen molar-refractivity contribution in [1.82, 2.24) is 5.32 Å². The van der Waals surface area contributed by atoms with Crippen LogP contribution < -0.4 is 19.7 Å². The van der Waals surface area contributed by atoms with Crippen LogP contribution in [0.4, 0.5) is 5.69 Å². The van der Waals surface area contributed by atoms with E-state index < -0.39 is 0 Å². The molecule has 1 aliphatic rings. The first-order valence-electron chi connectivity index (χ1n) is 6.55. The van der Waals surface area contributed by atoms with Gasteiger partial charge >= 0.3 is 0 Å². The summed E-state index contributed by atoms with van der Waals surface area (Å²) in [6.45, 7) is 5.18. The zero-order chi connectivity index (χ0) is 13.8. The van der Waals surface area contributed by atoms with Gasteiger partial charge in [-0.2, -0.15) is 0 Å². The van der Waals surface area contributed by atoms with Gasteiger partial charge in [0, 0.05) is 31.3 Å². The third-order valence-corrected chi connectivity index (χ3v) is 3.68. The average Bonchev–Trinajstić information content (AvgIpc) is 2.63. The maximum Gasteiger partial charge on any atom is 0.143 e. The van der Waals surface area contributed by atoms with E-state index in [4.69, 9.17) is 21.1 Å². The van der Waals surface area contributed by atoms with Crippen LogP contribution in [0.2, 0.25) is 5.02 Å². The van der Waals surface area contributed by atoms with Gasteiger partial charge in [-0.25, -0.2) is 0 Å². The number of ether oxygens (including phenoxy) is 2. The molecule has 0 spiro atoms. The van der Waals surface area contributed by atoms with E-state index in [1.807, 2.05) is 12.1 Å². The predicted molar refractivity (Wildman–Crippen MR) is 78.9 cm³/mol. The van der Waals surface area contributed by atoms with Crippen LogP contribution in [-0.4, -0.2) is 39.9 Å². The van der Waals surface area contributed by atoms with E-state index in [-0.39, 0.29) is 0 Å². The van der Waals surface area contributed by atoms with E-state index in [2.05, 4.69) is 17.1 Å². The van der Waals surface area contributed by atoms with E-state index in [1.165, 1.54) is 0 Å². The lowest BCUT2D eigenvalue weighted by molar-refractivity contribution is 0.402. The molecule has 0 radical (unpaired) electrons. The summed E-state index contributed by atoms with van der Waals surface area (Å²) in [4.78, 5) is 2.32. The number of halogens is 1. The fourth-order valence-electron chi connectivity index (χ4n) is 2.42. The van der Waals surface area contributed by atoms with Crippen LogP contribution in [0, 0.1) is 0 Å². The monoisotopic (exact) mass is 284 g/mol. The molecule has 1 saturated heterocycles. The van der Waals surface area contributed by atoms with Crippen molar-refractivity contribution in [2.45, 2.75) is 19.4 Å². The minimum atomic E-state index is 0.453. The normalized spacial score (nSPS) is 20.0. The van der Waals surface area contributed by atoms with Crippen molar-refractivity contribution in [3.8, 4) is 11.5 Å². The number of benzene rings is 1. The Morgan fingerprint density at radius 3 is 2.68 bits per heavy atom. The first-order valence-corrected chi connectivity index (χ1v) is 6.93. The predicted octanol–water partition coefficient (Wildman–Crippen LogP) is 2.55. The number of anilines is 1. The van der Waals surface area contributed by atoms with Gasteiger partial charge in [0.2, 0.25) is 0 Å². The van der Waals surface area contributed by atoms with Crippen LogP contribution in [0.5, 0.6) is 11.5 Å².